The van der Waals surface area contributed by atoms with Crippen LogP contribution in [0.15, 0.2) is 22.4 Å². The maximum Gasteiger partial charge on any atom is 0.252 e. The molecule has 2 aliphatic rings. The SMILES string of the molecule is CCC(C)=C(C(C)=O)C1=C(NCC2CCCCO2)CCC(F)(F)C1. The Morgan fingerprint density at radius 1 is 1.33 bits per heavy atom. The zero-order valence-corrected chi connectivity index (χ0v) is 15.0. The van der Waals surface area contributed by atoms with E-state index in [2.05, 4.69) is 5.32 Å². The Kier molecular flexibility index (Phi) is 6.55. The van der Waals surface area contributed by atoms with Crippen molar-refractivity contribution in [3.8, 4) is 0 Å². The van der Waals surface area contributed by atoms with Gasteiger partial charge in [-0.2, -0.15) is 0 Å². The quantitative estimate of drug-likeness (QED) is 0.721. The van der Waals surface area contributed by atoms with E-state index < -0.39 is 5.92 Å². The summed E-state index contributed by atoms with van der Waals surface area (Å²) in [4.78, 5) is 12.1. The van der Waals surface area contributed by atoms with Gasteiger partial charge in [-0.1, -0.05) is 12.5 Å². The topological polar surface area (TPSA) is 38.3 Å². The van der Waals surface area contributed by atoms with Crippen molar-refractivity contribution in [1.82, 2.24) is 5.32 Å². The van der Waals surface area contributed by atoms with Gasteiger partial charge in [-0.25, -0.2) is 8.78 Å². The van der Waals surface area contributed by atoms with Gasteiger partial charge in [-0.05, 0) is 51.5 Å². The van der Waals surface area contributed by atoms with Crippen LogP contribution in [0.3, 0.4) is 0 Å². The number of alkyl halides is 2. The third-order valence-corrected chi connectivity index (χ3v) is 4.97. The van der Waals surface area contributed by atoms with Gasteiger partial charge in [-0.3, -0.25) is 4.79 Å². The minimum Gasteiger partial charge on any atom is -0.385 e. The summed E-state index contributed by atoms with van der Waals surface area (Å²) in [5, 5.41) is 3.33. The molecular formula is C19H29F2NO2. The van der Waals surface area contributed by atoms with E-state index >= 15 is 0 Å². The lowest BCUT2D eigenvalue weighted by Crippen LogP contribution is -2.35. The Bertz CT molecular complexity index is 531. The zero-order valence-electron chi connectivity index (χ0n) is 15.0. The number of Topliss-reactive ketones (excluding diaryl/α,β-unsaturated/α-hetero) is 1. The molecule has 0 aromatic rings. The summed E-state index contributed by atoms with van der Waals surface area (Å²) in [7, 11) is 0. The van der Waals surface area contributed by atoms with Gasteiger partial charge in [0.15, 0.2) is 5.78 Å². The molecule has 1 N–H and O–H groups in total. The molecular weight excluding hydrogens is 312 g/mol. The molecule has 24 heavy (non-hydrogen) atoms. The number of halogens is 2. The van der Waals surface area contributed by atoms with Gasteiger partial charge in [0.25, 0.3) is 5.92 Å². The largest absolute Gasteiger partial charge is 0.385 e. The maximum atomic E-state index is 14.0. The second-order valence-corrected chi connectivity index (χ2v) is 6.92. The maximum absolute atomic E-state index is 14.0. The smallest absolute Gasteiger partial charge is 0.252 e. The number of ketones is 1. The van der Waals surface area contributed by atoms with Crippen molar-refractivity contribution in [2.75, 3.05) is 13.2 Å². The molecule has 0 amide bonds. The molecule has 0 bridgehead atoms. The molecule has 5 heteroatoms. The summed E-state index contributed by atoms with van der Waals surface area (Å²) in [5.41, 5.74) is 2.68. The van der Waals surface area contributed by atoms with Crippen LogP contribution in [0.25, 0.3) is 0 Å². The summed E-state index contributed by atoms with van der Waals surface area (Å²) >= 11 is 0. The molecule has 0 spiro atoms. The summed E-state index contributed by atoms with van der Waals surface area (Å²) in [5.74, 6) is -2.87. The highest BCUT2D eigenvalue weighted by Crippen LogP contribution is 2.40. The van der Waals surface area contributed by atoms with Crippen molar-refractivity contribution in [2.24, 2.45) is 0 Å². The highest BCUT2D eigenvalue weighted by atomic mass is 19.3. The van der Waals surface area contributed by atoms with Crippen LogP contribution in [0.5, 0.6) is 0 Å². The zero-order chi connectivity index (χ0) is 17.7. The first-order valence-electron chi connectivity index (χ1n) is 9.00. The summed E-state index contributed by atoms with van der Waals surface area (Å²) in [6.07, 6.45) is 3.80. The number of allylic oxidation sites excluding steroid dienone is 4. The van der Waals surface area contributed by atoms with Crippen molar-refractivity contribution in [3.05, 3.63) is 22.4 Å². The molecule has 1 atom stereocenters. The third kappa shape index (κ3) is 4.88. The van der Waals surface area contributed by atoms with Crippen LogP contribution >= 0.6 is 0 Å². The Morgan fingerprint density at radius 2 is 2.08 bits per heavy atom. The number of hydrogen-bond acceptors (Lipinski definition) is 3. The molecule has 1 unspecified atom stereocenters. The predicted molar refractivity (Wildman–Crippen MR) is 91.1 cm³/mol. The number of ether oxygens (including phenoxy) is 1. The van der Waals surface area contributed by atoms with Gasteiger partial charge in [-0.15, -0.1) is 0 Å². The number of hydrogen-bond donors (Lipinski definition) is 1. The number of nitrogens with one attached hydrogen (secondary N) is 1. The first-order valence-corrected chi connectivity index (χ1v) is 9.00. The Hall–Kier alpha value is -1.23. The molecule has 0 aromatic heterocycles. The monoisotopic (exact) mass is 341 g/mol. The minimum atomic E-state index is -2.74. The molecule has 0 aromatic carbocycles. The van der Waals surface area contributed by atoms with E-state index in [0.717, 1.165) is 37.1 Å². The van der Waals surface area contributed by atoms with Gasteiger partial charge in [0.2, 0.25) is 0 Å². The van der Waals surface area contributed by atoms with Gasteiger partial charge in [0, 0.05) is 37.3 Å². The van der Waals surface area contributed by atoms with Crippen molar-refractivity contribution < 1.29 is 18.3 Å². The van der Waals surface area contributed by atoms with E-state index in [1.54, 1.807) is 0 Å². The van der Waals surface area contributed by atoms with Crippen LogP contribution in [0.2, 0.25) is 0 Å². The molecule has 2 rings (SSSR count). The van der Waals surface area contributed by atoms with Crippen molar-refractivity contribution in [2.45, 2.75) is 77.7 Å². The normalized spacial score (nSPS) is 25.3. The first-order chi connectivity index (χ1) is 11.3. The lowest BCUT2D eigenvalue weighted by Gasteiger charge is -2.31. The molecule has 3 nitrogen and oxygen atoms in total. The molecule has 1 saturated heterocycles. The van der Waals surface area contributed by atoms with Crippen molar-refractivity contribution in [3.63, 3.8) is 0 Å². The van der Waals surface area contributed by atoms with E-state index in [4.69, 9.17) is 4.74 Å². The Morgan fingerprint density at radius 3 is 2.67 bits per heavy atom. The molecule has 1 aliphatic carbocycles. The first kappa shape index (κ1) is 19.1. The molecule has 0 saturated carbocycles. The Balaban J connectivity index is 2.26. The van der Waals surface area contributed by atoms with Gasteiger partial charge < -0.3 is 10.1 Å². The van der Waals surface area contributed by atoms with E-state index in [1.165, 1.54) is 6.92 Å². The molecule has 136 valence electrons. The molecule has 1 fully saturated rings. The summed E-state index contributed by atoms with van der Waals surface area (Å²) < 4.78 is 33.7. The number of carbonyl (C=O) groups is 1. The average molecular weight is 341 g/mol. The van der Waals surface area contributed by atoms with Gasteiger partial charge in [0.1, 0.15) is 0 Å². The van der Waals surface area contributed by atoms with Crippen LogP contribution in [-0.2, 0) is 9.53 Å². The second-order valence-electron chi connectivity index (χ2n) is 6.92. The van der Waals surface area contributed by atoms with Crippen LogP contribution in [0.4, 0.5) is 8.78 Å². The highest BCUT2D eigenvalue weighted by molar-refractivity contribution is 5.98. The Labute approximate surface area is 143 Å². The van der Waals surface area contributed by atoms with E-state index in [-0.39, 0.29) is 31.1 Å². The second kappa shape index (κ2) is 8.24. The summed E-state index contributed by atoms with van der Waals surface area (Å²) in [6.45, 7) is 6.67. The van der Waals surface area contributed by atoms with E-state index in [9.17, 15) is 13.6 Å². The van der Waals surface area contributed by atoms with Crippen LogP contribution in [0, 0.1) is 0 Å². The fourth-order valence-electron chi connectivity index (χ4n) is 3.50. The molecule has 1 aliphatic heterocycles. The van der Waals surface area contributed by atoms with E-state index in [0.29, 0.717) is 24.1 Å². The molecule has 1 heterocycles. The van der Waals surface area contributed by atoms with Crippen LogP contribution in [-0.4, -0.2) is 31.0 Å². The predicted octanol–water partition coefficient (Wildman–Crippen LogP) is 4.53. The van der Waals surface area contributed by atoms with Crippen LogP contribution < -0.4 is 5.32 Å². The number of rotatable bonds is 6. The number of carbonyl (C=O) groups excluding carboxylic acids is 1. The fraction of sp³-hybridized carbons (Fsp3) is 0.737. The lowest BCUT2D eigenvalue weighted by atomic mass is 9.84. The standard InChI is InChI=1S/C19H29F2NO2/c1-4-13(2)18(14(3)23)16-11-19(20,21)9-8-17(16)22-12-15-7-5-6-10-24-15/h15,22H,4-12H2,1-3H3. The fourth-order valence-corrected chi connectivity index (χ4v) is 3.50. The average Bonchev–Trinajstić information content (AvgIpc) is 2.54. The molecule has 0 radical (unpaired) electrons. The van der Waals surface area contributed by atoms with E-state index in [1.807, 2.05) is 13.8 Å². The third-order valence-electron chi connectivity index (χ3n) is 4.97. The van der Waals surface area contributed by atoms with Gasteiger partial charge in [0.05, 0.1) is 6.10 Å². The van der Waals surface area contributed by atoms with Gasteiger partial charge >= 0.3 is 0 Å². The van der Waals surface area contributed by atoms with Crippen molar-refractivity contribution in [1.29, 1.82) is 0 Å². The lowest BCUT2D eigenvalue weighted by molar-refractivity contribution is -0.113. The van der Waals surface area contributed by atoms with Crippen LogP contribution in [0.1, 0.15) is 65.7 Å². The van der Waals surface area contributed by atoms with Crippen molar-refractivity contribution >= 4 is 5.78 Å². The highest BCUT2D eigenvalue weighted by Gasteiger charge is 2.37. The summed E-state index contributed by atoms with van der Waals surface area (Å²) in [6, 6.07) is 0. The minimum absolute atomic E-state index is 0.129.